The molecule has 6 nitrogen and oxygen atoms in total. The first kappa shape index (κ1) is 14.3. The Morgan fingerprint density at radius 2 is 2.04 bits per heavy atom. The topological polar surface area (TPSA) is 63.4 Å². The van der Waals surface area contributed by atoms with Crippen LogP contribution >= 0.6 is 22.7 Å². The molecule has 0 N–H and O–H groups in total. The largest absolute Gasteiger partial charge is 0.343 e. The Kier molecular flexibility index (Phi) is 3.35. The van der Waals surface area contributed by atoms with Gasteiger partial charge in [0.1, 0.15) is 5.01 Å². The van der Waals surface area contributed by atoms with E-state index in [2.05, 4.69) is 21.1 Å². The quantitative estimate of drug-likeness (QED) is 0.572. The van der Waals surface area contributed by atoms with E-state index in [1.54, 1.807) is 11.3 Å². The average molecular weight is 343 g/mol. The Labute approximate surface area is 139 Å². The number of hydrogen-bond donors (Lipinski definition) is 0. The van der Waals surface area contributed by atoms with Crippen LogP contribution in [0.1, 0.15) is 10.7 Å². The van der Waals surface area contributed by atoms with Gasteiger partial charge in [-0.05, 0) is 19.1 Å². The molecule has 1 aromatic carbocycles. The highest BCUT2D eigenvalue weighted by Gasteiger charge is 2.13. The number of rotatable bonds is 3. The molecule has 0 saturated carbocycles. The second-order valence-corrected chi connectivity index (χ2v) is 7.30. The zero-order chi connectivity index (χ0) is 16.0. The van der Waals surface area contributed by atoms with E-state index in [1.807, 2.05) is 37.1 Å². The second-order valence-electron chi connectivity index (χ2n) is 5.25. The van der Waals surface area contributed by atoms with Crippen molar-refractivity contribution in [2.75, 3.05) is 11.9 Å². The van der Waals surface area contributed by atoms with E-state index in [-0.39, 0.29) is 5.56 Å². The van der Waals surface area contributed by atoms with Crippen LogP contribution in [0.2, 0.25) is 0 Å². The summed E-state index contributed by atoms with van der Waals surface area (Å²) in [6.45, 7) is 2.46. The van der Waals surface area contributed by atoms with E-state index in [0.717, 1.165) is 15.7 Å². The number of aromatic nitrogens is 4. The lowest BCUT2D eigenvalue weighted by Crippen LogP contribution is -2.18. The normalized spacial score (nSPS) is 11.4. The van der Waals surface area contributed by atoms with Gasteiger partial charge in [0.2, 0.25) is 10.1 Å². The van der Waals surface area contributed by atoms with Crippen molar-refractivity contribution in [2.24, 2.45) is 0 Å². The molecule has 0 atom stereocenters. The standard InChI is InChI=1S/C15H13N5OS2/c1-9-7-13(21)20-14(16-9)23-15(18-20)19(2)8-12-17-10-5-3-4-6-11(10)22-12/h3-7H,8H2,1-2H3. The van der Waals surface area contributed by atoms with Crippen LogP contribution < -0.4 is 10.5 Å². The Bertz CT molecular complexity index is 1030. The Morgan fingerprint density at radius 1 is 1.22 bits per heavy atom. The number of hydrogen-bond acceptors (Lipinski definition) is 7. The summed E-state index contributed by atoms with van der Waals surface area (Å²) in [6.07, 6.45) is 0. The highest BCUT2D eigenvalue weighted by Crippen LogP contribution is 2.26. The number of para-hydroxylation sites is 1. The maximum atomic E-state index is 11.9. The van der Waals surface area contributed by atoms with Crippen LogP contribution in [-0.4, -0.2) is 26.6 Å². The molecule has 3 heterocycles. The fourth-order valence-electron chi connectivity index (χ4n) is 2.32. The molecule has 0 spiro atoms. The number of aryl methyl sites for hydroxylation is 1. The van der Waals surface area contributed by atoms with Gasteiger partial charge in [0.05, 0.1) is 16.8 Å². The van der Waals surface area contributed by atoms with Crippen molar-refractivity contribution in [3.8, 4) is 0 Å². The molecule has 23 heavy (non-hydrogen) atoms. The van der Waals surface area contributed by atoms with Gasteiger partial charge in [0, 0.05) is 18.8 Å². The molecule has 4 aromatic rings. The molecule has 0 aliphatic heterocycles. The van der Waals surface area contributed by atoms with E-state index in [4.69, 9.17) is 0 Å². The smallest absolute Gasteiger partial charge is 0.275 e. The molecular formula is C15H13N5OS2. The molecule has 0 radical (unpaired) electrons. The van der Waals surface area contributed by atoms with Gasteiger partial charge < -0.3 is 4.90 Å². The van der Waals surface area contributed by atoms with Gasteiger partial charge in [-0.3, -0.25) is 4.79 Å². The Hall–Kier alpha value is -2.32. The third kappa shape index (κ3) is 2.60. The van der Waals surface area contributed by atoms with E-state index in [1.165, 1.54) is 26.6 Å². The molecule has 0 saturated heterocycles. The predicted octanol–water partition coefficient (Wildman–Crippen LogP) is 2.71. The van der Waals surface area contributed by atoms with Gasteiger partial charge in [0.15, 0.2) is 0 Å². The van der Waals surface area contributed by atoms with Crippen molar-refractivity contribution in [3.05, 3.63) is 51.4 Å². The molecule has 0 aliphatic carbocycles. The Balaban J connectivity index is 1.67. The third-order valence-electron chi connectivity index (χ3n) is 3.40. The van der Waals surface area contributed by atoms with Crippen molar-refractivity contribution in [2.45, 2.75) is 13.5 Å². The van der Waals surface area contributed by atoms with Crippen LogP contribution in [0.25, 0.3) is 15.2 Å². The van der Waals surface area contributed by atoms with Gasteiger partial charge >= 0.3 is 0 Å². The van der Waals surface area contributed by atoms with Crippen molar-refractivity contribution in [1.82, 2.24) is 19.6 Å². The molecule has 116 valence electrons. The van der Waals surface area contributed by atoms with Crippen molar-refractivity contribution in [3.63, 3.8) is 0 Å². The minimum Gasteiger partial charge on any atom is -0.343 e. The summed E-state index contributed by atoms with van der Waals surface area (Å²) < 4.78 is 2.52. The van der Waals surface area contributed by atoms with Crippen LogP contribution in [0.5, 0.6) is 0 Å². The van der Waals surface area contributed by atoms with E-state index >= 15 is 0 Å². The maximum Gasteiger partial charge on any atom is 0.275 e. The van der Waals surface area contributed by atoms with E-state index in [9.17, 15) is 4.79 Å². The van der Waals surface area contributed by atoms with E-state index < -0.39 is 0 Å². The van der Waals surface area contributed by atoms with Crippen molar-refractivity contribution in [1.29, 1.82) is 0 Å². The molecule has 8 heteroatoms. The highest BCUT2D eigenvalue weighted by atomic mass is 32.1. The fraction of sp³-hybridized carbons (Fsp3) is 0.200. The SMILES string of the molecule is Cc1cc(=O)n2nc(N(C)Cc3nc4ccccc4s3)sc2n1. The van der Waals surface area contributed by atoms with Gasteiger partial charge in [-0.15, -0.1) is 16.4 Å². The average Bonchev–Trinajstić information content (AvgIpc) is 3.10. The maximum absolute atomic E-state index is 11.9. The van der Waals surface area contributed by atoms with Gasteiger partial charge in [-0.2, -0.15) is 4.52 Å². The second kappa shape index (κ2) is 5.39. The number of nitrogens with zero attached hydrogens (tertiary/aromatic N) is 5. The van der Waals surface area contributed by atoms with Gasteiger partial charge in [-0.25, -0.2) is 9.97 Å². The lowest BCUT2D eigenvalue weighted by Gasteiger charge is -2.12. The van der Waals surface area contributed by atoms with Crippen LogP contribution in [0, 0.1) is 6.92 Å². The first-order chi connectivity index (χ1) is 11.1. The molecular weight excluding hydrogens is 330 g/mol. The van der Waals surface area contributed by atoms with Crippen LogP contribution in [0.3, 0.4) is 0 Å². The number of thiazole rings is 1. The fourth-order valence-corrected chi connectivity index (χ4v) is 4.26. The van der Waals surface area contributed by atoms with Gasteiger partial charge in [-0.1, -0.05) is 23.5 Å². The summed E-state index contributed by atoms with van der Waals surface area (Å²) in [4.78, 5) is 23.5. The van der Waals surface area contributed by atoms with Gasteiger partial charge in [0.25, 0.3) is 5.56 Å². The van der Waals surface area contributed by atoms with Crippen LogP contribution in [0.15, 0.2) is 35.1 Å². The monoisotopic (exact) mass is 343 g/mol. The summed E-state index contributed by atoms with van der Waals surface area (Å²) in [5.41, 5.74) is 1.57. The molecule has 0 fully saturated rings. The zero-order valence-electron chi connectivity index (χ0n) is 12.6. The van der Waals surface area contributed by atoms with Crippen molar-refractivity contribution >= 4 is 43.0 Å². The molecule has 0 amide bonds. The summed E-state index contributed by atoms with van der Waals surface area (Å²) in [5.74, 6) is 0. The van der Waals surface area contributed by atoms with Crippen molar-refractivity contribution < 1.29 is 0 Å². The summed E-state index contributed by atoms with van der Waals surface area (Å²) in [5, 5.41) is 6.13. The molecule has 4 rings (SSSR count). The summed E-state index contributed by atoms with van der Waals surface area (Å²) >= 11 is 3.08. The molecule has 0 bridgehead atoms. The third-order valence-corrected chi connectivity index (χ3v) is 5.44. The minimum absolute atomic E-state index is 0.150. The first-order valence-corrected chi connectivity index (χ1v) is 8.66. The molecule has 3 aromatic heterocycles. The summed E-state index contributed by atoms with van der Waals surface area (Å²) in [6, 6.07) is 9.58. The lowest BCUT2D eigenvalue weighted by molar-refractivity contribution is 0.839. The number of anilines is 1. The predicted molar refractivity (Wildman–Crippen MR) is 93.6 cm³/mol. The first-order valence-electron chi connectivity index (χ1n) is 7.03. The lowest BCUT2D eigenvalue weighted by atomic mass is 10.3. The number of benzene rings is 1. The molecule has 0 aliphatic rings. The van der Waals surface area contributed by atoms with Crippen LogP contribution in [0.4, 0.5) is 5.13 Å². The summed E-state index contributed by atoms with van der Waals surface area (Å²) in [7, 11) is 1.95. The zero-order valence-corrected chi connectivity index (χ0v) is 14.2. The van der Waals surface area contributed by atoms with E-state index in [0.29, 0.717) is 17.2 Å². The Morgan fingerprint density at radius 3 is 2.87 bits per heavy atom. The van der Waals surface area contributed by atoms with Crippen LogP contribution in [-0.2, 0) is 6.54 Å². The number of fused-ring (bicyclic) bond motifs is 2. The molecule has 0 unspecified atom stereocenters. The highest BCUT2D eigenvalue weighted by molar-refractivity contribution is 7.20. The minimum atomic E-state index is -0.150.